The van der Waals surface area contributed by atoms with Crippen LogP contribution in [-0.4, -0.2) is 0 Å². The van der Waals surface area contributed by atoms with E-state index in [1.165, 1.54) is 22.3 Å². The zero-order valence-corrected chi connectivity index (χ0v) is 13.5. The molecule has 0 bridgehead atoms. The van der Waals surface area contributed by atoms with Gasteiger partial charge in [0, 0.05) is 5.92 Å². The first kappa shape index (κ1) is 15.3. The Labute approximate surface area is 139 Å². The van der Waals surface area contributed by atoms with Crippen LogP contribution in [0.4, 0.5) is 0 Å². The maximum atomic E-state index is 4.45. The van der Waals surface area contributed by atoms with Gasteiger partial charge in [0.05, 0.1) is 0 Å². The van der Waals surface area contributed by atoms with E-state index in [0.717, 1.165) is 0 Å². The van der Waals surface area contributed by atoms with Gasteiger partial charge in [0.1, 0.15) is 0 Å². The smallest absolute Gasteiger partial charge is 0.0155 e. The lowest BCUT2D eigenvalue weighted by atomic mass is 9.76. The molecular weight excluding hydrogens is 276 g/mol. The zero-order chi connectivity index (χ0) is 16.1. The van der Waals surface area contributed by atoms with Crippen LogP contribution in [0.3, 0.4) is 0 Å². The van der Waals surface area contributed by atoms with Crippen LogP contribution < -0.4 is 0 Å². The highest BCUT2D eigenvalue weighted by Gasteiger charge is 2.24. The third-order valence-electron chi connectivity index (χ3n) is 4.50. The number of benzene rings is 3. The zero-order valence-electron chi connectivity index (χ0n) is 13.5. The Balaban J connectivity index is 2.03. The third-order valence-corrected chi connectivity index (χ3v) is 4.50. The molecule has 0 aliphatic rings. The fourth-order valence-corrected chi connectivity index (χ4v) is 3.23. The first-order chi connectivity index (χ1) is 11.3. The summed E-state index contributed by atoms with van der Waals surface area (Å²) in [6, 6.07) is 31.9. The molecule has 0 nitrogen and oxygen atoms in total. The Bertz CT molecular complexity index is 742. The van der Waals surface area contributed by atoms with Gasteiger partial charge in [-0.15, -0.1) is 0 Å². The van der Waals surface area contributed by atoms with Gasteiger partial charge in [-0.1, -0.05) is 104 Å². The lowest BCUT2D eigenvalue weighted by Crippen LogP contribution is -2.10. The van der Waals surface area contributed by atoms with Crippen LogP contribution in [0, 0.1) is 0 Å². The molecule has 0 aliphatic heterocycles. The van der Waals surface area contributed by atoms with Gasteiger partial charge in [0.15, 0.2) is 0 Å². The molecule has 2 unspecified atom stereocenters. The van der Waals surface area contributed by atoms with Gasteiger partial charge in [-0.3, -0.25) is 0 Å². The molecule has 0 heteroatoms. The second kappa shape index (κ2) is 7.11. The average Bonchev–Trinajstić information content (AvgIpc) is 2.64. The number of rotatable bonds is 5. The minimum absolute atomic E-state index is 0.265. The number of hydrogen-bond donors (Lipinski definition) is 0. The van der Waals surface area contributed by atoms with E-state index in [1.54, 1.807) is 0 Å². The van der Waals surface area contributed by atoms with Crippen molar-refractivity contribution in [2.75, 3.05) is 0 Å². The second-order valence-electron chi connectivity index (χ2n) is 5.98. The third kappa shape index (κ3) is 3.43. The Hall–Kier alpha value is -2.60. The Morgan fingerprint density at radius 2 is 1.09 bits per heavy atom. The second-order valence-corrected chi connectivity index (χ2v) is 5.98. The van der Waals surface area contributed by atoms with Gasteiger partial charge in [-0.05, 0) is 28.2 Å². The number of hydrogen-bond acceptors (Lipinski definition) is 0. The fourth-order valence-electron chi connectivity index (χ4n) is 3.23. The summed E-state index contributed by atoms with van der Waals surface area (Å²) in [6.45, 7) is 6.74. The van der Waals surface area contributed by atoms with Gasteiger partial charge in [0.25, 0.3) is 0 Å². The molecule has 3 aromatic rings. The lowest BCUT2D eigenvalue weighted by Gasteiger charge is -2.27. The van der Waals surface area contributed by atoms with Crippen LogP contribution in [0.1, 0.15) is 35.4 Å². The quantitative estimate of drug-likeness (QED) is 0.519. The summed E-state index contributed by atoms with van der Waals surface area (Å²) >= 11 is 0. The maximum Gasteiger partial charge on any atom is 0.0155 e. The highest BCUT2D eigenvalue weighted by Crippen LogP contribution is 2.41. The number of allylic oxidation sites excluding steroid dienone is 1. The summed E-state index contributed by atoms with van der Waals surface area (Å²) in [7, 11) is 0. The first-order valence-electron chi connectivity index (χ1n) is 8.11. The van der Waals surface area contributed by atoms with Crippen LogP contribution in [-0.2, 0) is 0 Å². The van der Waals surface area contributed by atoms with E-state index < -0.39 is 0 Å². The summed E-state index contributed by atoms with van der Waals surface area (Å²) in [6.07, 6.45) is 0. The largest absolute Gasteiger partial charge is 0.0946 e. The molecule has 0 saturated heterocycles. The SMILES string of the molecule is C=C(c1ccccc1)C(c1ccccc1)C(C)c1ccccc1. The molecule has 0 aliphatic carbocycles. The van der Waals surface area contributed by atoms with Crippen LogP contribution >= 0.6 is 0 Å². The van der Waals surface area contributed by atoms with Gasteiger partial charge in [0.2, 0.25) is 0 Å². The molecule has 0 heterocycles. The molecule has 0 amide bonds. The monoisotopic (exact) mass is 298 g/mol. The molecule has 0 N–H and O–H groups in total. The van der Waals surface area contributed by atoms with Crippen molar-refractivity contribution < 1.29 is 0 Å². The Morgan fingerprint density at radius 1 is 0.652 bits per heavy atom. The van der Waals surface area contributed by atoms with Crippen molar-refractivity contribution in [2.24, 2.45) is 0 Å². The standard InChI is InChI=1S/C23H22/c1-18(20-12-6-3-7-13-20)23(22-16-10-5-11-17-22)19(2)21-14-8-4-9-15-21/h3-17,19,23H,1H2,2H3. The van der Waals surface area contributed by atoms with Crippen LogP contribution in [0.5, 0.6) is 0 Å². The normalized spacial score (nSPS) is 13.3. The molecule has 3 aromatic carbocycles. The van der Waals surface area contributed by atoms with Crippen LogP contribution in [0.15, 0.2) is 97.6 Å². The highest BCUT2D eigenvalue weighted by atomic mass is 14.3. The lowest BCUT2D eigenvalue weighted by molar-refractivity contribution is 0.691. The summed E-state index contributed by atoms with van der Waals surface area (Å²) in [5.74, 6) is 0.632. The van der Waals surface area contributed by atoms with E-state index >= 15 is 0 Å². The minimum atomic E-state index is 0.265. The minimum Gasteiger partial charge on any atom is -0.0946 e. The van der Waals surface area contributed by atoms with E-state index in [2.05, 4.69) is 104 Å². The van der Waals surface area contributed by atoms with Crippen LogP contribution in [0.2, 0.25) is 0 Å². The Morgan fingerprint density at radius 3 is 1.61 bits per heavy atom. The first-order valence-corrected chi connectivity index (χ1v) is 8.11. The summed E-state index contributed by atoms with van der Waals surface area (Å²) in [5.41, 5.74) is 5.05. The van der Waals surface area contributed by atoms with E-state index in [1.807, 2.05) is 0 Å². The molecule has 3 rings (SSSR count). The van der Waals surface area contributed by atoms with Crippen molar-refractivity contribution in [1.82, 2.24) is 0 Å². The van der Waals surface area contributed by atoms with Crippen molar-refractivity contribution in [3.05, 3.63) is 114 Å². The summed E-state index contributed by atoms with van der Waals surface area (Å²) in [5, 5.41) is 0. The molecule has 23 heavy (non-hydrogen) atoms. The van der Waals surface area contributed by atoms with E-state index in [9.17, 15) is 0 Å². The molecule has 0 radical (unpaired) electrons. The molecule has 114 valence electrons. The predicted octanol–water partition coefficient (Wildman–Crippen LogP) is 6.29. The Kier molecular flexibility index (Phi) is 4.73. The van der Waals surface area contributed by atoms with Crippen molar-refractivity contribution in [2.45, 2.75) is 18.8 Å². The average molecular weight is 298 g/mol. The maximum absolute atomic E-state index is 4.45. The molecule has 0 aromatic heterocycles. The van der Waals surface area contributed by atoms with E-state index in [-0.39, 0.29) is 5.92 Å². The van der Waals surface area contributed by atoms with Gasteiger partial charge in [-0.25, -0.2) is 0 Å². The van der Waals surface area contributed by atoms with Crippen molar-refractivity contribution in [1.29, 1.82) is 0 Å². The topological polar surface area (TPSA) is 0 Å². The fraction of sp³-hybridized carbons (Fsp3) is 0.130. The van der Waals surface area contributed by atoms with Gasteiger partial charge < -0.3 is 0 Å². The summed E-state index contributed by atoms with van der Waals surface area (Å²) < 4.78 is 0. The molecular formula is C23H22. The van der Waals surface area contributed by atoms with Crippen molar-refractivity contribution in [3.8, 4) is 0 Å². The molecule has 0 spiro atoms. The molecule has 0 saturated carbocycles. The van der Waals surface area contributed by atoms with E-state index in [0.29, 0.717) is 5.92 Å². The van der Waals surface area contributed by atoms with Crippen molar-refractivity contribution >= 4 is 5.57 Å². The van der Waals surface area contributed by atoms with Crippen molar-refractivity contribution in [3.63, 3.8) is 0 Å². The summed E-state index contributed by atoms with van der Waals surface area (Å²) in [4.78, 5) is 0. The van der Waals surface area contributed by atoms with Crippen LogP contribution in [0.25, 0.3) is 5.57 Å². The molecule has 0 fully saturated rings. The molecule has 2 atom stereocenters. The van der Waals surface area contributed by atoms with E-state index in [4.69, 9.17) is 0 Å². The highest BCUT2D eigenvalue weighted by molar-refractivity contribution is 5.71. The predicted molar refractivity (Wildman–Crippen MR) is 99.5 cm³/mol. The van der Waals surface area contributed by atoms with Gasteiger partial charge >= 0.3 is 0 Å². The van der Waals surface area contributed by atoms with Gasteiger partial charge in [-0.2, -0.15) is 0 Å².